The molecule has 1 aromatic rings. The fourth-order valence-corrected chi connectivity index (χ4v) is 3.77. The van der Waals surface area contributed by atoms with Crippen molar-refractivity contribution in [1.82, 2.24) is 14.7 Å². The maximum atomic E-state index is 12.6. The van der Waals surface area contributed by atoms with Crippen molar-refractivity contribution in [2.75, 3.05) is 45.8 Å². The molecular weight excluding hydrogens is 328 g/mol. The molecule has 6 heteroatoms. The van der Waals surface area contributed by atoms with E-state index in [1.807, 2.05) is 40.1 Å². The van der Waals surface area contributed by atoms with Crippen LogP contribution in [-0.4, -0.2) is 72.3 Å². The van der Waals surface area contributed by atoms with Crippen molar-refractivity contribution in [1.29, 1.82) is 0 Å². The van der Waals surface area contributed by atoms with E-state index in [0.29, 0.717) is 19.5 Å². The molecule has 3 rings (SSSR count). The second-order valence-electron chi connectivity index (χ2n) is 7.32. The number of nitrogens with two attached hydrogens (primary N) is 1. The third-order valence-electron chi connectivity index (χ3n) is 5.38. The zero-order chi connectivity index (χ0) is 18.4. The molecule has 0 spiro atoms. The lowest BCUT2D eigenvalue weighted by Crippen LogP contribution is -2.41. The number of benzene rings is 1. The van der Waals surface area contributed by atoms with Gasteiger partial charge in [0.2, 0.25) is 11.8 Å². The van der Waals surface area contributed by atoms with Gasteiger partial charge in [-0.1, -0.05) is 30.3 Å². The predicted octanol–water partition coefficient (Wildman–Crippen LogP) is 1.23. The van der Waals surface area contributed by atoms with Crippen molar-refractivity contribution in [3.63, 3.8) is 0 Å². The van der Waals surface area contributed by atoms with Crippen molar-refractivity contribution < 1.29 is 9.59 Å². The molecule has 2 heterocycles. The number of likely N-dealkylation sites (tertiary alicyclic amines) is 1. The summed E-state index contributed by atoms with van der Waals surface area (Å²) in [7, 11) is 0. The zero-order valence-electron chi connectivity index (χ0n) is 15.5. The Kier molecular flexibility index (Phi) is 6.63. The van der Waals surface area contributed by atoms with Gasteiger partial charge in [0, 0.05) is 51.7 Å². The van der Waals surface area contributed by atoms with E-state index in [0.717, 1.165) is 57.5 Å². The van der Waals surface area contributed by atoms with Gasteiger partial charge in [0.15, 0.2) is 0 Å². The molecule has 1 atom stereocenters. The summed E-state index contributed by atoms with van der Waals surface area (Å²) in [5.41, 5.74) is 7.19. The lowest BCUT2D eigenvalue weighted by atomic mass is 10.0. The van der Waals surface area contributed by atoms with E-state index < -0.39 is 0 Å². The van der Waals surface area contributed by atoms with Crippen LogP contribution in [0.4, 0.5) is 0 Å². The highest BCUT2D eigenvalue weighted by molar-refractivity contribution is 5.78. The Balaban J connectivity index is 1.46. The highest BCUT2D eigenvalue weighted by Crippen LogP contribution is 2.16. The molecule has 2 N–H and O–H groups in total. The molecular formula is C20H30N4O2. The van der Waals surface area contributed by atoms with Crippen molar-refractivity contribution in [2.45, 2.75) is 31.7 Å². The second-order valence-corrected chi connectivity index (χ2v) is 7.32. The summed E-state index contributed by atoms with van der Waals surface area (Å²) < 4.78 is 0. The molecule has 2 aliphatic rings. The highest BCUT2D eigenvalue weighted by Gasteiger charge is 2.24. The Morgan fingerprint density at radius 2 is 1.50 bits per heavy atom. The van der Waals surface area contributed by atoms with Gasteiger partial charge in [0.1, 0.15) is 0 Å². The SMILES string of the molecule is NC(CC(=O)N1CCCN(CC(=O)N2CCCC2)CC1)c1ccccc1. The predicted molar refractivity (Wildman–Crippen MR) is 101 cm³/mol. The average Bonchev–Trinajstić information content (AvgIpc) is 3.10. The molecule has 142 valence electrons. The lowest BCUT2D eigenvalue weighted by molar-refractivity contribution is -0.131. The molecule has 2 aliphatic heterocycles. The van der Waals surface area contributed by atoms with Gasteiger partial charge in [-0.3, -0.25) is 14.5 Å². The minimum absolute atomic E-state index is 0.106. The largest absolute Gasteiger partial charge is 0.342 e. The zero-order valence-corrected chi connectivity index (χ0v) is 15.5. The van der Waals surface area contributed by atoms with E-state index >= 15 is 0 Å². The smallest absolute Gasteiger partial charge is 0.236 e. The quantitative estimate of drug-likeness (QED) is 0.860. The molecule has 2 fully saturated rings. The Hall–Kier alpha value is -1.92. The van der Waals surface area contributed by atoms with Crippen LogP contribution in [0.25, 0.3) is 0 Å². The molecule has 26 heavy (non-hydrogen) atoms. The molecule has 0 saturated carbocycles. The van der Waals surface area contributed by atoms with Crippen LogP contribution < -0.4 is 5.73 Å². The van der Waals surface area contributed by atoms with Gasteiger partial charge in [-0.05, 0) is 24.8 Å². The van der Waals surface area contributed by atoms with Crippen LogP contribution in [0.5, 0.6) is 0 Å². The number of hydrogen-bond donors (Lipinski definition) is 1. The number of carbonyl (C=O) groups is 2. The number of hydrogen-bond acceptors (Lipinski definition) is 4. The first kappa shape index (κ1) is 18.9. The van der Waals surface area contributed by atoms with Gasteiger partial charge in [0.05, 0.1) is 6.54 Å². The number of nitrogens with zero attached hydrogens (tertiary/aromatic N) is 3. The van der Waals surface area contributed by atoms with Crippen molar-refractivity contribution in [3.8, 4) is 0 Å². The first-order valence-corrected chi connectivity index (χ1v) is 9.72. The van der Waals surface area contributed by atoms with Gasteiger partial charge >= 0.3 is 0 Å². The molecule has 6 nitrogen and oxygen atoms in total. The highest BCUT2D eigenvalue weighted by atomic mass is 16.2. The monoisotopic (exact) mass is 358 g/mol. The van der Waals surface area contributed by atoms with Gasteiger partial charge in [-0.15, -0.1) is 0 Å². The second kappa shape index (κ2) is 9.14. The van der Waals surface area contributed by atoms with E-state index in [1.54, 1.807) is 0 Å². The summed E-state index contributed by atoms with van der Waals surface area (Å²) >= 11 is 0. The number of amides is 2. The van der Waals surface area contributed by atoms with E-state index in [2.05, 4.69) is 4.90 Å². The third-order valence-corrected chi connectivity index (χ3v) is 5.38. The minimum atomic E-state index is -0.264. The van der Waals surface area contributed by atoms with E-state index in [4.69, 9.17) is 5.73 Å². The average molecular weight is 358 g/mol. The van der Waals surface area contributed by atoms with Crippen molar-refractivity contribution in [2.24, 2.45) is 5.73 Å². The molecule has 2 saturated heterocycles. The molecule has 0 radical (unpaired) electrons. The van der Waals surface area contributed by atoms with Crippen LogP contribution in [0.2, 0.25) is 0 Å². The number of carbonyl (C=O) groups excluding carboxylic acids is 2. The first-order valence-electron chi connectivity index (χ1n) is 9.72. The molecule has 2 amide bonds. The first-order chi connectivity index (χ1) is 12.6. The topological polar surface area (TPSA) is 69.9 Å². The summed E-state index contributed by atoms with van der Waals surface area (Å²) in [5, 5.41) is 0. The summed E-state index contributed by atoms with van der Waals surface area (Å²) in [4.78, 5) is 31.0. The van der Waals surface area contributed by atoms with Crippen LogP contribution in [-0.2, 0) is 9.59 Å². The Labute approximate surface area is 155 Å². The number of rotatable bonds is 5. The van der Waals surface area contributed by atoms with E-state index in [9.17, 15) is 9.59 Å². The molecule has 0 bridgehead atoms. The Morgan fingerprint density at radius 3 is 2.23 bits per heavy atom. The van der Waals surface area contributed by atoms with Crippen LogP contribution in [0.3, 0.4) is 0 Å². The summed E-state index contributed by atoms with van der Waals surface area (Å²) in [6.45, 7) is 5.32. The van der Waals surface area contributed by atoms with E-state index in [-0.39, 0.29) is 17.9 Å². The van der Waals surface area contributed by atoms with Crippen LogP contribution in [0, 0.1) is 0 Å². The molecule has 1 aromatic carbocycles. The van der Waals surface area contributed by atoms with Gasteiger partial charge in [-0.25, -0.2) is 0 Å². The van der Waals surface area contributed by atoms with Crippen LogP contribution in [0.15, 0.2) is 30.3 Å². The summed E-state index contributed by atoms with van der Waals surface area (Å²) in [6, 6.07) is 9.50. The van der Waals surface area contributed by atoms with Crippen LogP contribution >= 0.6 is 0 Å². The third kappa shape index (κ3) is 5.05. The maximum Gasteiger partial charge on any atom is 0.236 e. The Morgan fingerprint density at radius 1 is 0.846 bits per heavy atom. The van der Waals surface area contributed by atoms with Crippen LogP contribution in [0.1, 0.15) is 37.3 Å². The molecule has 0 aliphatic carbocycles. The maximum absolute atomic E-state index is 12.6. The minimum Gasteiger partial charge on any atom is -0.342 e. The Bertz CT molecular complexity index is 601. The summed E-state index contributed by atoms with van der Waals surface area (Å²) in [6.07, 6.45) is 3.47. The fraction of sp³-hybridized carbons (Fsp3) is 0.600. The van der Waals surface area contributed by atoms with Crippen molar-refractivity contribution in [3.05, 3.63) is 35.9 Å². The van der Waals surface area contributed by atoms with Gasteiger partial charge in [0.25, 0.3) is 0 Å². The lowest BCUT2D eigenvalue weighted by Gasteiger charge is -2.24. The normalized spacial score (nSPS) is 20.0. The fourth-order valence-electron chi connectivity index (χ4n) is 3.77. The standard InChI is InChI=1S/C20H30N4O2/c21-18(17-7-2-1-3-8-17)15-19(25)24-12-6-9-22(13-14-24)16-20(26)23-10-4-5-11-23/h1-3,7-8,18H,4-6,9-16,21H2. The van der Waals surface area contributed by atoms with Gasteiger partial charge in [-0.2, -0.15) is 0 Å². The molecule has 0 aromatic heterocycles. The van der Waals surface area contributed by atoms with Crippen molar-refractivity contribution >= 4 is 11.8 Å². The summed E-state index contributed by atoms with van der Waals surface area (Å²) in [5.74, 6) is 0.336. The van der Waals surface area contributed by atoms with E-state index in [1.165, 1.54) is 0 Å². The van der Waals surface area contributed by atoms with Gasteiger partial charge < -0.3 is 15.5 Å². The molecule has 1 unspecified atom stereocenters.